The highest BCUT2D eigenvalue weighted by Crippen LogP contribution is 2.36. The molecule has 88 valence electrons. The molecule has 0 atom stereocenters. The van der Waals surface area contributed by atoms with Crippen LogP contribution in [-0.2, 0) is 0 Å². The van der Waals surface area contributed by atoms with Gasteiger partial charge in [0.2, 0.25) is 0 Å². The van der Waals surface area contributed by atoms with Gasteiger partial charge in [-0.2, -0.15) is 0 Å². The molecule has 0 saturated heterocycles. The fourth-order valence-electron chi connectivity index (χ4n) is 2.25. The lowest BCUT2D eigenvalue weighted by atomic mass is 9.74. The molecule has 1 saturated carbocycles. The molecule has 0 unspecified atom stereocenters. The lowest BCUT2D eigenvalue weighted by molar-refractivity contribution is 0.301. The highest BCUT2D eigenvalue weighted by atomic mass is 15.3. The third-order valence-corrected chi connectivity index (χ3v) is 3.11. The summed E-state index contributed by atoms with van der Waals surface area (Å²) in [5.74, 6) is 6.60. The number of aliphatic imine (C=N–C) groups is 1. The lowest BCUT2D eigenvalue weighted by Crippen LogP contribution is -2.45. The van der Waals surface area contributed by atoms with Crippen LogP contribution >= 0.6 is 0 Å². The molecule has 0 radical (unpaired) electrons. The molecule has 0 bridgehead atoms. The van der Waals surface area contributed by atoms with Crippen molar-refractivity contribution in [3.8, 4) is 0 Å². The van der Waals surface area contributed by atoms with E-state index in [-0.39, 0.29) is 11.0 Å². The smallest absolute Gasteiger partial charge is 0.117 e. The maximum absolute atomic E-state index is 5.62. The summed E-state index contributed by atoms with van der Waals surface area (Å²) in [6, 6.07) is 0. The molecule has 3 N–H and O–H groups in total. The molecule has 1 aliphatic carbocycles. The summed E-state index contributed by atoms with van der Waals surface area (Å²) >= 11 is 0. The summed E-state index contributed by atoms with van der Waals surface area (Å²) in [5, 5.41) is 0. The third-order valence-electron chi connectivity index (χ3n) is 3.11. The van der Waals surface area contributed by atoms with Crippen LogP contribution in [0.15, 0.2) is 4.99 Å². The minimum atomic E-state index is -0.0534. The van der Waals surface area contributed by atoms with E-state index >= 15 is 0 Å². The highest BCUT2D eigenvalue weighted by Gasteiger charge is 2.33. The van der Waals surface area contributed by atoms with Gasteiger partial charge in [-0.15, -0.1) is 0 Å². The number of nitrogens with one attached hydrogen (secondary N) is 1. The summed E-state index contributed by atoms with van der Waals surface area (Å²) in [7, 11) is 0. The molecule has 0 aromatic heterocycles. The molecule has 0 heterocycles. The van der Waals surface area contributed by atoms with Gasteiger partial charge < -0.3 is 5.43 Å². The molecule has 3 nitrogen and oxygen atoms in total. The second-order valence-corrected chi connectivity index (χ2v) is 5.90. The SMILES string of the molecule is CC(C)(C)N=C(NN)C1(C)CCCCC1. The number of hydrogen-bond acceptors (Lipinski definition) is 2. The lowest BCUT2D eigenvalue weighted by Gasteiger charge is -2.35. The van der Waals surface area contributed by atoms with Crippen LogP contribution in [0.25, 0.3) is 0 Å². The molecule has 1 rings (SSSR count). The Morgan fingerprint density at radius 1 is 1.20 bits per heavy atom. The topological polar surface area (TPSA) is 50.4 Å². The molecular formula is C12H25N3. The summed E-state index contributed by atoms with van der Waals surface area (Å²) in [6.07, 6.45) is 6.34. The molecular weight excluding hydrogens is 186 g/mol. The molecule has 0 aromatic carbocycles. The maximum Gasteiger partial charge on any atom is 0.117 e. The van der Waals surface area contributed by atoms with Crippen molar-refractivity contribution >= 4 is 5.84 Å². The van der Waals surface area contributed by atoms with Crippen molar-refractivity contribution < 1.29 is 0 Å². The van der Waals surface area contributed by atoms with Crippen molar-refractivity contribution in [2.45, 2.75) is 65.3 Å². The van der Waals surface area contributed by atoms with E-state index in [2.05, 4.69) is 33.1 Å². The Labute approximate surface area is 93.5 Å². The van der Waals surface area contributed by atoms with Crippen LogP contribution in [0, 0.1) is 5.41 Å². The fraction of sp³-hybridized carbons (Fsp3) is 0.917. The average Bonchev–Trinajstić information content (AvgIpc) is 2.14. The average molecular weight is 211 g/mol. The largest absolute Gasteiger partial charge is 0.312 e. The number of hydrogen-bond donors (Lipinski definition) is 2. The Morgan fingerprint density at radius 2 is 1.73 bits per heavy atom. The highest BCUT2D eigenvalue weighted by molar-refractivity contribution is 5.87. The van der Waals surface area contributed by atoms with Crippen LogP contribution < -0.4 is 11.3 Å². The molecule has 0 aromatic rings. The zero-order valence-corrected chi connectivity index (χ0v) is 10.6. The fourth-order valence-corrected chi connectivity index (χ4v) is 2.25. The first-order chi connectivity index (χ1) is 6.87. The van der Waals surface area contributed by atoms with Gasteiger partial charge in [-0.1, -0.05) is 26.2 Å². The van der Waals surface area contributed by atoms with Crippen molar-refractivity contribution in [3.63, 3.8) is 0 Å². The van der Waals surface area contributed by atoms with Gasteiger partial charge in [-0.05, 0) is 33.6 Å². The summed E-state index contributed by atoms with van der Waals surface area (Å²) in [4.78, 5) is 4.70. The van der Waals surface area contributed by atoms with Crippen LogP contribution in [0.3, 0.4) is 0 Å². The molecule has 0 spiro atoms. The number of nitrogens with zero attached hydrogens (tertiary/aromatic N) is 1. The van der Waals surface area contributed by atoms with Gasteiger partial charge in [0.1, 0.15) is 5.84 Å². The van der Waals surface area contributed by atoms with Gasteiger partial charge in [0.15, 0.2) is 0 Å². The minimum absolute atomic E-state index is 0.0534. The zero-order valence-electron chi connectivity index (χ0n) is 10.6. The van der Waals surface area contributed by atoms with Crippen molar-refractivity contribution in [1.82, 2.24) is 5.43 Å². The number of hydrazine groups is 1. The monoisotopic (exact) mass is 211 g/mol. The van der Waals surface area contributed by atoms with Crippen LogP contribution in [0.2, 0.25) is 0 Å². The normalized spacial score (nSPS) is 22.6. The van der Waals surface area contributed by atoms with Crippen LogP contribution in [0.4, 0.5) is 0 Å². The Hall–Kier alpha value is -0.570. The van der Waals surface area contributed by atoms with Crippen molar-refractivity contribution in [3.05, 3.63) is 0 Å². The van der Waals surface area contributed by atoms with E-state index in [1.54, 1.807) is 0 Å². The van der Waals surface area contributed by atoms with Gasteiger partial charge in [-0.25, -0.2) is 5.84 Å². The Kier molecular flexibility index (Phi) is 3.77. The third kappa shape index (κ3) is 3.49. The van der Waals surface area contributed by atoms with E-state index in [9.17, 15) is 0 Å². The Morgan fingerprint density at radius 3 is 2.13 bits per heavy atom. The first kappa shape index (κ1) is 12.5. The van der Waals surface area contributed by atoms with E-state index in [0.717, 1.165) is 5.84 Å². The molecule has 0 aliphatic heterocycles. The predicted molar refractivity (Wildman–Crippen MR) is 65.7 cm³/mol. The summed E-state index contributed by atoms with van der Waals surface area (Å²) in [6.45, 7) is 8.60. The predicted octanol–water partition coefficient (Wildman–Crippen LogP) is 2.62. The van der Waals surface area contributed by atoms with Crippen molar-refractivity contribution in [1.29, 1.82) is 0 Å². The van der Waals surface area contributed by atoms with E-state index in [0.29, 0.717) is 0 Å². The van der Waals surface area contributed by atoms with Crippen molar-refractivity contribution in [2.75, 3.05) is 0 Å². The van der Waals surface area contributed by atoms with Crippen LogP contribution in [0.5, 0.6) is 0 Å². The Bertz CT molecular complexity index is 232. The van der Waals surface area contributed by atoms with E-state index < -0.39 is 0 Å². The van der Waals surface area contributed by atoms with Gasteiger partial charge >= 0.3 is 0 Å². The van der Waals surface area contributed by atoms with E-state index in [1.807, 2.05) is 0 Å². The van der Waals surface area contributed by atoms with Crippen LogP contribution in [0.1, 0.15) is 59.8 Å². The number of rotatable bonds is 1. The van der Waals surface area contributed by atoms with E-state index in [4.69, 9.17) is 10.8 Å². The quantitative estimate of drug-likeness (QED) is 0.303. The second kappa shape index (κ2) is 4.52. The van der Waals surface area contributed by atoms with Gasteiger partial charge in [-0.3, -0.25) is 4.99 Å². The zero-order chi connectivity index (χ0) is 11.5. The number of amidine groups is 1. The molecule has 3 heteroatoms. The number of nitrogens with two attached hydrogens (primary N) is 1. The standard InChI is InChI=1S/C12H25N3/c1-11(2,3)14-10(15-13)12(4)8-6-5-7-9-12/h5-9,13H2,1-4H3,(H,14,15). The summed E-state index contributed by atoms with van der Waals surface area (Å²) < 4.78 is 0. The van der Waals surface area contributed by atoms with Crippen molar-refractivity contribution in [2.24, 2.45) is 16.3 Å². The molecule has 15 heavy (non-hydrogen) atoms. The van der Waals surface area contributed by atoms with Gasteiger partial charge in [0.05, 0.1) is 5.54 Å². The van der Waals surface area contributed by atoms with Gasteiger partial charge in [0, 0.05) is 5.41 Å². The maximum atomic E-state index is 5.62. The Balaban J connectivity index is 2.85. The molecule has 1 aliphatic rings. The first-order valence-electron chi connectivity index (χ1n) is 5.94. The van der Waals surface area contributed by atoms with Gasteiger partial charge in [0.25, 0.3) is 0 Å². The first-order valence-corrected chi connectivity index (χ1v) is 5.94. The molecule has 0 amide bonds. The molecule has 1 fully saturated rings. The van der Waals surface area contributed by atoms with E-state index in [1.165, 1.54) is 32.1 Å². The van der Waals surface area contributed by atoms with Crippen LogP contribution in [-0.4, -0.2) is 11.4 Å². The minimum Gasteiger partial charge on any atom is -0.312 e. The second-order valence-electron chi connectivity index (χ2n) is 5.90. The summed E-state index contributed by atoms with van der Waals surface area (Å²) in [5.41, 5.74) is 2.93.